The van der Waals surface area contributed by atoms with Gasteiger partial charge in [0.25, 0.3) is 0 Å². The molecule has 0 bridgehead atoms. The quantitative estimate of drug-likeness (QED) is 0.803. The van der Waals surface area contributed by atoms with Crippen LogP contribution in [0.3, 0.4) is 0 Å². The topological polar surface area (TPSA) is 81.4 Å². The van der Waals surface area contributed by atoms with Crippen molar-refractivity contribution in [3.8, 4) is 6.07 Å². The summed E-state index contributed by atoms with van der Waals surface area (Å²) in [5, 5.41) is 8.91. The van der Waals surface area contributed by atoms with E-state index in [1.807, 2.05) is 19.1 Å². The maximum Gasteiger partial charge on any atom is 0.134 e. The molecule has 0 radical (unpaired) electrons. The summed E-state index contributed by atoms with van der Waals surface area (Å²) in [6, 6.07) is 7.93. The number of hydrogen-bond donors (Lipinski definition) is 0. The first-order valence-corrected chi connectivity index (χ1v) is 9.27. The molecule has 2 fully saturated rings. The van der Waals surface area contributed by atoms with Gasteiger partial charge in [0.1, 0.15) is 29.3 Å². The zero-order valence-corrected chi connectivity index (χ0v) is 15.5. The molecule has 0 amide bonds. The predicted octanol–water partition coefficient (Wildman–Crippen LogP) is 1.21. The molecule has 0 spiro atoms. The number of hydrogen-bond acceptors (Lipinski definition) is 8. The summed E-state index contributed by atoms with van der Waals surface area (Å²) in [6.45, 7) is 8.67. The summed E-state index contributed by atoms with van der Waals surface area (Å²) in [5.41, 5.74) is 0.587. The van der Waals surface area contributed by atoms with Crippen molar-refractivity contribution in [2.75, 3.05) is 67.2 Å². The number of piperazine rings is 1. The van der Waals surface area contributed by atoms with E-state index in [2.05, 4.69) is 41.8 Å². The van der Waals surface area contributed by atoms with Gasteiger partial charge in [-0.1, -0.05) is 0 Å². The van der Waals surface area contributed by atoms with Crippen LogP contribution >= 0.6 is 0 Å². The highest BCUT2D eigenvalue weighted by atomic mass is 16.5. The van der Waals surface area contributed by atoms with Crippen LogP contribution < -0.4 is 14.7 Å². The lowest BCUT2D eigenvalue weighted by Gasteiger charge is -2.36. The molecule has 27 heavy (non-hydrogen) atoms. The van der Waals surface area contributed by atoms with Gasteiger partial charge in [-0.15, -0.1) is 0 Å². The fraction of sp³-hybridized carbons (Fsp3) is 0.474. The van der Waals surface area contributed by atoms with Crippen LogP contribution in [-0.4, -0.2) is 67.4 Å². The SMILES string of the molecule is Cc1nc(N2CCOCC2)cc(N2CCN(c3ccc(C#N)cn3)CC2)n1. The molecule has 0 N–H and O–H groups in total. The Balaban J connectivity index is 1.44. The van der Waals surface area contributed by atoms with Crippen molar-refractivity contribution in [3.63, 3.8) is 0 Å². The molecule has 2 saturated heterocycles. The Labute approximate surface area is 159 Å². The van der Waals surface area contributed by atoms with Gasteiger partial charge in [0.2, 0.25) is 0 Å². The van der Waals surface area contributed by atoms with Crippen molar-refractivity contribution >= 4 is 17.5 Å². The second-order valence-corrected chi connectivity index (χ2v) is 6.72. The highest BCUT2D eigenvalue weighted by Crippen LogP contribution is 2.22. The molecule has 2 aromatic rings. The minimum atomic E-state index is 0.587. The highest BCUT2D eigenvalue weighted by molar-refractivity contribution is 5.53. The molecule has 8 nitrogen and oxygen atoms in total. The third-order valence-corrected chi connectivity index (χ3v) is 4.95. The Morgan fingerprint density at radius 3 is 2.04 bits per heavy atom. The predicted molar refractivity (Wildman–Crippen MR) is 103 cm³/mol. The van der Waals surface area contributed by atoms with E-state index in [9.17, 15) is 0 Å². The normalized spacial score (nSPS) is 17.7. The van der Waals surface area contributed by atoms with E-state index in [1.54, 1.807) is 6.20 Å². The van der Waals surface area contributed by atoms with Gasteiger partial charge in [-0.25, -0.2) is 15.0 Å². The molecule has 0 atom stereocenters. The Morgan fingerprint density at radius 1 is 0.889 bits per heavy atom. The molecular formula is C19H23N7O. The van der Waals surface area contributed by atoms with E-state index in [-0.39, 0.29) is 0 Å². The number of morpholine rings is 1. The van der Waals surface area contributed by atoms with Gasteiger partial charge >= 0.3 is 0 Å². The molecule has 0 aliphatic carbocycles. The van der Waals surface area contributed by atoms with E-state index in [0.717, 1.165) is 75.8 Å². The van der Waals surface area contributed by atoms with Gasteiger partial charge in [-0.3, -0.25) is 0 Å². The van der Waals surface area contributed by atoms with E-state index in [0.29, 0.717) is 5.56 Å². The number of aromatic nitrogens is 3. The summed E-state index contributed by atoms with van der Waals surface area (Å²) in [4.78, 5) is 20.5. The van der Waals surface area contributed by atoms with Crippen molar-refractivity contribution in [1.29, 1.82) is 5.26 Å². The Hall–Kier alpha value is -2.92. The first-order valence-electron chi connectivity index (χ1n) is 9.27. The van der Waals surface area contributed by atoms with Gasteiger partial charge < -0.3 is 19.4 Å². The summed E-state index contributed by atoms with van der Waals surface area (Å²) in [7, 11) is 0. The third-order valence-electron chi connectivity index (χ3n) is 4.95. The zero-order chi connectivity index (χ0) is 18.6. The number of nitriles is 1. The van der Waals surface area contributed by atoms with Crippen LogP contribution in [0.4, 0.5) is 17.5 Å². The molecule has 140 valence electrons. The molecule has 2 aromatic heterocycles. The van der Waals surface area contributed by atoms with Crippen LogP contribution in [-0.2, 0) is 4.74 Å². The second-order valence-electron chi connectivity index (χ2n) is 6.72. The van der Waals surface area contributed by atoms with Crippen LogP contribution in [0.2, 0.25) is 0 Å². The summed E-state index contributed by atoms with van der Waals surface area (Å²) in [6.07, 6.45) is 1.63. The maximum atomic E-state index is 8.91. The summed E-state index contributed by atoms with van der Waals surface area (Å²) in [5.74, 6) is 3.68. The largest absolute Gasteiger partial charge is 0.378 e. The van der Waals surface area contributed by atoms with Gasteiger partial charge in [-0.05, 0) is 19.1 Å². The van der Waals surface area contributed by atoms with E-state index >= 15 is 0 Å². The number of aryl methyl sites for hydroxylation is 1. The minimum absolute atomic E-state index is 0.587. The molecule has 8 heteroatoms. The van der Waals surface area contributed by atoms with Crippen LogP contribution in [0, 0.1) is 18.3 Å². The Bertz CT molecular complexity index is 819. The number of ether oxygens (including phenoxy) is 1. The fourth-order valence-corrected chi connectivity index (χ4v) is 3.46. The molecular weight excluding hydrogens is 342 g/mol. The summed E-state index contributed by atoms with van der Waals surface area (Å²) < 4.78 is 5.44. The van der Waals surface area contributed by atoms with Crippen molar-refractivity contribution in [1.82, 2.24) is 15.0 Å². The Morgan fingerprint density at radius 2 is 1.48 bits per heavy atom. The van der Waals surface area contributed by atoms with Crippen LogP contribution in [0.1, 0.15) is 11.4 Å². The lowest BCUT2D eigenvalue weighted by Crippen LogP contribution is -2.47. The van der Waals surface area contributed by atoms with Gasteiger partial charge in [0.15, 0.2) is 0 Å². The van der Waals surface area contributed by atoms with Crippen LogP contribution in [0.15, 0.2) is 24.4 Å². The maximum absolute atomic E-state index is 8.91. The number of pyridine rings is 1. The number of rotatable bonds is 3. The average Bonchev–Trinajstić information content (AvgIpc) is 2.74. The van der Waals surface area contributed by atoms with Crippen molar-refractivity contribution in [3.05, 3.63) is 35.8 Å². The van der Waals surface area contributed by atoms with Gasteiger partial charge in [0.05, 0.1) is 18.8 Å². The summed E-state index contributed by atoms with van der Waals surface area (Å²) >= 11 is 0. The molecule has 4 heterocycles. The Kier molecular flexibility index (Phi) is 5.03. The molecule has 0 saturated carbocycles. The van der Waals surface area contributed by atoms with Gasteiger partial charge in [-0.2, -0.15) is 5.26 Å². The van der Waals surface area contributed by atoms with E-state index in [1.165, 1.54) is 0 Å². The molecule has 0 unspecified atom stereocenters. The first-order chi connectivity index (χ1) is 13.2. The first kappa shape index (κ1) is 17.5. The van der Waals surface area contributed by atoms with E-state index in [4.69, 9.17) is 10.00 Å². The second kappa shape index (κ2) is 7.76. The number of anilines is 3. The number of nitrogens with zero attached hydrogens (tertiary/aromatic N) is 7. The molecule has 0 aromatic carbocycles. The monoisotopic (exact) mass is 365 g/mol. The lowest BCUT2D eigenvalue weighted by atomic mass is 10.2. The molecule has 4 rings (SSSR count). The third kappa shape index (κ3) is 3.93. The van der Waals surface area contributed by atoms with Crippen LogP contribution in [0.25, 0.3) is 0 Å². The van der Waals surface area contributed by atoms with Crippen LogP contribution in [0.5, 0.6) is 0 Å². The zero-order valence-electron chi connectivity index (χ0n) is 15.5. The molecule has 2 aliphatic heterocycles. The molecule has 2 aliphatic rings. The fourth-order valence-electron chi connectivity index (χ4n) is 3.46. The van der Waals surface area contributed by atoms with E-state index < -0.39 is 0 Å². The van der Waals surface area contributed by atoms with Crippen molar-refractivity contribution in [2.24, 2.45) is 0 Å². The lowest BCUT2D eigenvalue weighted by molar-refractivity contribution is 0.122. The smallest absolute Gasteiger partial charge is 0.134 e. The van der Waals surface area contributed by atoms with Gasteiger partial charge in [0, 0.05) is 51.5 Å². The minimum Gasteiger partial charge on any atom is -0.378 e. The van der Waals surface area contributed by atoms with Crippen molar-refractivity contribution < 1.29 is 4.74 Å². The average molecular weight is 365 g/mol. The van der Waals surface area contributed by atoms with Crippen molar-refractivity contribution in [2.45, 2.75) is 6.92 Å². The standard InChI is InChI=1S/C19H23N7O/c1-15-22-18(12-19(23-15)26-8-10-27-11-9-26)25-6-4-24(5-7-25)17-3-2-16(13-20)14-21-17/h2-3,12,14H,4-11H2,1H3. The highest BCUT2D eigenvalue weighted by Gasteiger charge is 2.21.